The number of fused-ring (bicyclic) bond motifs is 3. The van der Waals surface area contributed by atoms with Crippen molar-refractivity contribution >= 4 is 39.7 Å². The Morgan fingerprint density at radius 2 is 1.85 bits per heavy atom. The van der Waals surface area contributed by atoms with E-state index in [9.17, 15) is 36.8 Å². The Bertz CT molecular complexity index is 1750. The van der Waals surface area contributed by atoms with E-state index < -0.39 is 80.9 Å². The van der Waals surface area contributed by atoms with Crippen molar-refractivity contribution in [1.82, 2.24) is 25.8 Å². The molecule has 1 aliphatic carbocycles. The number of nitrogens with zero attached hydrogens (tertiary/aromatic N) is 2. The van der Waals surface area contributed by atoms with E-state index in [0.29, 0.717) is 24.0 Å². The van der Waals surface area contributed by atoms with E-state index in [1.807, 2.05) is 12.2 Å². The van der Waals surface area contributed by atoms with Crippen molar-refractivity contribution in [1.29, 1.82) is 0 Å². The number of alkyl carbamates (subject to hydrolysis) is 1. The molecule has 3 fully saturated rings. The van der Waals surface area contributed by atoms with E-state index >= 15 is 0 Å². The molecular weight excluding hydrogens is 697 g/mol. The molecule has 6 atom stereocenters. The van der Waals surface area contributed by atoms with E-state index in [-0.39, 0.29) is 62.7 Å². The van der Waals surface area contributed by atoms with E-state index in [1.165, 1.54) is 15.9 Å². The van der Waals surface area contributed by atoms with Crippen molar-refractivity contribution in [3.63, 3.8) is 0 Å². The van der Waals surface area contributed by atoms with Gasteiger partial charge in [-0.05, 0) is 64.5 Å². The van der Waals surface area contributed by atoms with Crippen molar-refractivity contribution in [3.8, 4) is 0 Å². The zero-order chi connectivity index (χ0) is 37.4. The second-order valence-electron chi connectivity index (χ2n) is 15.6. The van der Waals surface area contributed by atoms with Gasteiger partial charge in [0.05, 0.1) is 24.6 Å². The first-order valence-corrected chi connectivity index (χ1v) is 19.9. The minimum absolute atomic E-state index is 0.0107. The second-order valence-corrected chi connectivity index (χ2v) is 17.8. The van der Waals surface area contributed by atoms with Gasteiger partial charge in [-0.25, -0.2) is 22.4 Å². The van der Waals surface area contributed by atoms with E-state index in [1.54, 1.807) is 32.9 Å². The fourth-order valence-corrected chi connectivity index (χ4v) is 9.24. The summed E-state index contributed by atoms with van der Waals surface area (Å²) in [6.45, 7) is 5.10. The van der Waals surface area contributed by atoms with Gasteiger partial charge in [0.2, 0.25) is 17.7 Å². The fourth-order valence-electron chi connectivity index (χ4n) is 7.57. The van der Waals surface area contributed by atoms with E-state index in [4.69, 9.17) is 9.47 Å². The van der Waals surface area contributed by atoms with Crippen LogP contribution in [0.3, 0.4) is 0 Å². The third-order valence-corrected chi connectivity index (χ3v) is 12.1. The van der Waals surface area contributed by atoms with Crippen LogP contribution < -0.4 is 16.0 Å². The summed E-state index contributed by atoms with van der Waals surface area (Å²) in [6.07, 6.45) is 5.00. The first-order valence-electron chi connectivity index (χ1n) is 18.1. The molecule has 1 aromatic rings. The van der Waals surface area contributed by atoms with Crippen LogP contribution >= 0.6 is 0 Å². The summed E-state index contributed by atoms with van der Waals surface area (Å²) in [5.41, 5.74) is -1.13. The number of benzene rings is 1. The van der Waals surface area contributed by atoms with Gasteiger partial charge >= 0.3 is 12.2 Å². The number of allylic oxidation sites excluding steroid dienone is 1. The van der Waals surface area contributed by atoms with Crippen LogP contribution in [-0.4, -0.2) is 102 Å². The van der Waals surface area contributed by atoms with Gasteiger partial charge in [0, 0.05) is 30.5 Å². The van der Waals surface area contributed by atoms with Gasteiger partial charge in [-0.2, -0.15) is 0 Å². The van der Waals surface area contributed by atoms with Crippen LogP contribution in [-0.2, 0) is 46.8 Å². The molecule has 5 amide bonds. The molecule has 0 unspecified atom stereocenters. The van der Waals surface area contributed by atoms with Crippen molar-refractivity contribution in [3.05, 3.63) is 47.3 Å². The Hall–Kier alpha value is -4.21. The summed E-state index contributed by atoms with van der Waals surface area (Å²) in [7, 11) is -3.28. The number of nitrogens with one attached hydrogen (secondary N) is 3. The van der Waals surface area contributed by atoms with Crippen LogP contribution in [0.1, 0.15) is 83.3 Å². The summed E-state index contributed by atoms with van der Waals surface area (Å²) < 4.78 is 49.9. The van der Waals surface area contributed by atoms with Crippen molar-refractivity contribution < 1.29 is 46.3 Å². The van der Waals surface area contributed by atoms with Crippen molar-refractivity contribution in [2.75, 3.05) is 18.1 Å². The Labute approximate surface area is 303 Å². The molecular formula is C36H48FN5O9S. The number of rotatable bonds is 4. The standard InChI is InChI=1S/C36H48FN5O9S/c1-35(2,3)51-33(46)39-28-13-8-6-4-5-7-11-23-17-36(23,32(45)38-24-14-15-52(48,49)21-24)40-30(43)29-16-25(19-42(29)31(28)44)50-34(47)41-18-22-10-9-12-27(37)26(22)20-41/h7,9-12,23-25,28-29H,4-6,8,13-21H2,1-3H3,(H,38,45)(H,39,46)(H,40,43)/t23-,24-,25-,28+,29+,36-/m1/s1. The number of halogens is 1. The average Bonchev–Trinajstić information content (AvgIpc) is 3.36. The minimum Gasteiger partial charge on any atom is -0.444 e. The third kappa shape index (κ3) is 8.53. The maximum absolute atomic E-state index is 14.4. The highest BCUT2D eigenvalue weighted by molar-refractivity contribution is 7.91. The van der Waals surface area contributed by atoms with Crippen molar-refractivity contribution in [2.24, 2.45) is 5.92 Å². The molecule has 1 saturated carbocycles. The van der Waals surface area contributed by atoms with Crippen LogP contribution in [0.15, 0.2) is 30.4 Å². The lowest BCUT2D eigenvalue weighted by molar-refractivity contribution is -0.141. The normalized spacial score (nSPS) is 30.2. The molecule has 284 valence electrons. The van der Waals surface area contributed by atoms with Crippen LogP contribution in [0, 0.1) is 11.7 Å². The Kier molecular flexibility index (Phi) is 10.6. The minimum atomic E-state index is -3.28. The maximum Gasteiger partial charge on any atom is 0.410 e. The molecule has 3 N–H and O–H groups in total. The molecule has 0 radical (unpaired) electrons. The molecule has 1 aromatic carbocycles. The quantitative estimate of drug-likeness (QED) is 0.391. The Balaban J connectivity index is 1.24. The SMILES string of the molecule is CC(C)(C)OC(=O)N[C@H]1CCCCCC=C[C@@H]2C[C@@]2(C(=O)N[C@@H]2CCS(=O)(=O)C2)NC(=O)[C@@H]2C[C@@H](OC(=O)N3Cc4cccc(F)c4C3)CN2C1=O. The molecule has 6 rings (SSSR count). The smallest absolute Gasteiger partial charge is 0.410 e. The molecule has 4 heterocycles. The van der Waals surface area contributed by atoms with Crippen LogP contribution in [0.4, 0.5) is 14.0 Å². The fraction of sp³-hybridized carbons (Fsp3) is 0.639. The van der Waals surface area contributed by atoms with Gasteiger partial charge in [0.15, 0.2) is 9.84 Å². The van der Waals surface area contributed by atoms with E-state index in [2.05, 4.69) is 16.0 Å². The molecule has 0 bridgehead atoms. The Morgan fingerprint density at radius 1 is 1.06 bits per heavy atom. The molecule has 16 heteroatoms. The van der Waals surface area contributed by atoms with Crippen LogP contribution in [0.25, 0.3) is 0 Å². The lowest BCUT2D eigenvalue weighted by Gasteiger charge is -2.30. The number of amides is 5. The molecule has 14 nitrogen and oxygen atoms in total. The van der Waals surface area contributed by atoms with Gasteiger partial charge in [-0.1, -0.05) is 37.1 Å². The summed E-state index contributed by atoms with van der Waals surface area (Å²) in [5, 5.41) is 8.43. The molecule has 52 heavy (non-hydrogen) atoms. The number of hydrogen-bond acceptors (Lipinski definition) is 9. The van der Waals surface area contributed by atoms with E-state index in [0.717, 1.165) is 12.8 Å². The van der Waals surface area contributed by atoms with Crippen LogP contribution in [0.5, 0.6) is 0 Å². The maximum atomic E-state index is 14.4. The number of hydrogen-bond donors (Lipinski definition) is 3. The topological polar surface area (TPSA) is 181 Å². The zero-order valence-corrected chi connectivity index (χ0v) is 30.6. The lowest BCUT2D eigenvalue weighted by atomic mass is 10.0. The first kappa shape index (κ1) is 37.5. The average molecular weight is 746 g/mol. The summed E-state index contributed by atoms with van der Waals surface area (Å²) in [6, 6.07) is 1.82. The molecule has 5 aliphatic rings. The van der Waals surface area contributed by atoms with Gasteiger partial charge in [-0.3, -0.25) is 19.3 Å². The number of carbonyl (C=O) groups is 5. The molecule has 4 aliphatic heterocycles. The largest absolute Gasteiger partial charge is 0.444 e. The highest BCUT2D eigenvalue weighted by Gasteiger charge is 2.61. The summed E-state index contributed by atoms with van der Waals surface area (Å²) in [4.78, 5) is 71.2. The van der Waals surface area contributed by atoms with Gasteiger partial charge in [0.1, 0.15) is 35.1 Å². The highest BCUT2D eigenvalue weighted by Crippen LogP contribution is 2.46. The predicted octanol–water partition coefficient (Wildman–Crippen LogP) is 2.84. The summed E-state index contributed by atoms with van der Waals surface area (Å²) >= 11 is 0. The molecule has 2 saturated heterocycles. The summed E-state index contributed by atoms with van der Waals surface area (Å²) in [5.74, 6) is -2.68. The number of ether oxygens (including phenoxy) is 2. The number of carbonyl (C=O) groups excluding carboxylic acids is 5. The highest BCUT2D eigenvalue weighted by atomic mass is 32.2. The monoisotopic (exact) mass is 745 g/mol. The number of sulfone groups is 1. The second kappa shape index (κ2) is 14.7. The Morgan fingerprint density at radius 3 is 2.56 bits per heavy atom. The van der Waals surface area contributed by atoms with Gasteiger partial charge in [0.25, 0.3) is 0 Å². The molecule has 0 aromatic heterocycles. The predicted molar refractivity (Wildman–Crippen MR) is 186 cm³/mol. The molecule has 0 spiro atoms. The lowest BCUT2D eigenvalue weighted by Crippen LogP contribution is -2.58. The van der Waals surface area contributed by atoms with Gasteiger partial charge in [-0.15, -0.1) is 0 Å². The van der Waals surface area contributed by atoms with Gasteiger partial charge < -0.3 is 30.3 Å². The van der Waals surface area contributed by atoms with Crippen LogP contribution in [0.2, 0.25) is 0 Å². The first-order chi connectivity index (χ1) is 24.5. The zero-order valence-electron chi connectivity index (χ0n) is 29.8. The third-order valence-electron chi connectivity index (χ3n) is 10.4. The van der Waals surface area contributed by atoms with Crippen molar-refractivity contribution in [2.45, 2.75) is 121 Å².